The summed E-state index contributed by atoms with van der Waals surface area (Å²) in [4.78, 5) is 8.88. The van der Waals surface area contributed by atoms with Crippen LogP contribution in [0.1, 0.15) is 23.7 Å². The molecule has 0 aliphatic rings. The van der Waals surface area contributed by atoms with Crippen molar-refractivity contribution >= 4 is 15.9 Å². The average Bonchev–Trinajstić information content (AvgIpc) is 2.40. The summed E-state index contributed by atoms with van der Waals surface area (Å²) in [5, 5.41) is 9.22. The van der Waals surface area contributed by atoms with E-state index in [0.29, 0.717) is 5.82 Å². The molecule has 2 aromatic rings. The number of aromatic nitrogens is 2. The van der Waals surface area contributed by atoms with Gasteiger partial charge in [0.2, 0.25) is 0 Å². The van der Waals surface area contributed by atoms with Gasteiger partial charge in [-0.3, -0.25) is 0 Å². The first-order valence-corrected chi connectivity index (χ1v) is 6.67. The third-order valence-corrected chi connectivity index (χ3v) is 3.39. The van der Waals surface area contributed by atoms with E-state index in [4.69, 9.17) is 0 Å². The van der Waals surface area contributed by atoms with E-state index in [0.717, 1.165) is 33.3 Å². The van der Waals surface area contributed by atoms with Gasteiger partial charge in [0, 0.05) is 27.5 Å². The van der Waals surface area contributed by atoms with Crippen LogP contribution in [0.5, 0.6) is 0 Å². The van der Waals surface area contributed by atoms with Crippen molar-refractivity contribution in [2.75, 3.05) is 0 Å². The molecule has 2 rings (SSSR count). The number of aliphatic hydroxyl groups excluding tert-OH is 1. The van der Waals surface area contributed by atoms with Gasteiger partial charge in [-0.1, -0.05) is 28.9 Å². The fourth-order valence-corrected chi connectivity index (χ4v) is 2.21. The molecule has 0 aliphatic heterocycles. The van der Waals surface area contributed by atoms with Gasteiger partial charge in [0.15, 0.2) is 5.82 Å². The van der Waals surface area contributed by atoms with Crippen LogP contribution in [0, 0.1) is 6.92 Å². The van der Waals surface area contributed by atoms with Crippen molar-refractivity contribution in [3.63, 3.8) is 0 Å². The van der Waals surface area contributed by atoms with E-state index < -0.39 is 0 Å². The maximum absolute atomic E-state index is 9.22. The molecule has 0 fully saturated rings. The molecule has 4 heteroatoms. The topological polar surface area (TPSA) is 46.0 Å². The number of rotatable bonds is 3. The number of halogens is 1. The molecule has 1 N–H and O–H groups in total. The predicted octanol–water partition coefficient (Wildman–Crippen LogP) is 3.27. The van der Waals surface area contributed by atoms with Crippen LogP contribution in [0.3, 0.4) is 0 Å². The molecule has 0 unspecified atom stereocenters. The summed E-state index contributed by atoms with van der Waals surface area (Å²) in [7, 11) is 0. The molecular weight excluding hydrogens is 292 g/mol. The van der Waals surface area contributed by atoms with Crippen LogP contribution in [0.2, 0.25) is 0 Å². The number of hydrogen-bond donors (Lipinski definition) is 1. The highest BCUT2D eigenvalue weighted by Crippen LogP contribution is 2.24. The van der Waals surface area contributed by atoms with Crippen LogP contribution in [0.25, 0.3) is 11.4 Å². The zero-order chi connectivity index (χ0) is 13.1. The maximum Gasteiger partial charge on any atom is 0.159 e. The number of aryl methyl sites for hydroxylation is 2. The van der Waals surface area contributed by atoms with Crippen LogP contribution in [0.4, 0.5) is 0 Å². The fraction of sp³-hybridized carbons (Fsp3) is 0.286. The van der Waals surface area contributed by atoms with Gasteiger partial charge in [-0.05, 0) is 31.0 Å². The summed E-state index contributed by atoms with van der Waals surface area (Å²) in [5.41, 5.74) is 3.86. The second kappa shape index (κ2) is 5.59. The van der Waals surface area contributed by atoms with E-state index in [-0.39, 0.29) is 6.61 Å². The lowest BCUT2D eigenvalue weighted by molar-refractivity contribution is 0.279. The molecule has 0 bridgehead atoms. The van der Waals surface area contributed by atoms with Crippen molar-refractivity contribution < 1.29 is 5.11 Å². The van der Waals surface area contributed by atoms with Gasteiger partial charge < -0.3 is 5.11 Å². The number of aliphatic hydroxyl groups is 1. The molecule has 0 amide bonds. The summed E-state index contributed by atoms with van der Waals surface area (Å²) in [6.07, 6.45) is 2.50. The van der Waals surface area contributed by atoms with Gasteiger partial charge >= 0.3 is 0 Å². The quantitative estimate of drug-likeness (QED) is 0.946. The van der Waals surface area contributed by atoms with E-state index in [1.165, 1.54) is 0 Å². The minimum Gasteiger partial charge on any atom is -0.392 e. The fourth-order valence-electron chi connectivity index (χ4n) is 1.85. The molecule has 1 aromatic carbocycles. The first kappa shape index (κ1) is 13.2. The third-order valence-electron chi connectivity index (χ3n) is 2.90. The first-order chi connectivity index (χ1) is 8.65. The van der Waals surface area contributed by atoms with Crippen LogP contribution in [-0.4, -0.2) is 15.1 Å². The van der Waals surface area contributed by atoms with Crippen molar-refractivity contribution in [1.29, 1.82) is 0 Å². The Hall–Kier alpha value is -1.26. The molecule has 3 nitrogen and oxygen atoms in total. The highest BCUT2D eigenvalue weighted by Gasteiger charge is 2.09. The molecule has 0 spiro atoms. The van der Waals surface area contributed by atoms with Gasteiger partial charge in [0.05, 0.1) is 6.61 Å². The van der Waals surface area contributed by atoms with E-state index in [9.17, 15) is 5.11 Å². The highest BCUT2D eigenvalue weighted by atomic mass is 79.9. The summed E-state index contributed by atoms with van der Waals surface area (Å²) in [5.74, 6) is 0.711. The zero-order valence-electron chi connectivity index (χ0n) is 10.4. The van der Waals surface area contributed by atoms with Gasteiger partial charge in [-0.2, -0.15) is 0 Å². The zero-order valence-corrected chi connectivity index (χ0v) is 12.0. The predicted molar refractivity (Wildman–Crippen MR) is 75.2 cm³/mol. The summed E-state index contributed by atoms with van der Waals surface area (Å²) >= 11 is 3.46. The van der Waals surface area contributed by atoms with E-state index in [1.54, 1.807) is 6.20 Å². The standard InChI is InChI=1S/C14H15BrN2O/c1-3-13-10(8-18)7-16-14(17-13)12-6-11(15)5-4-9(12)2/h4-7,18H,3,8H2,1-2H3. The maximum atomic E-state index is 9.22. The second-order valence-corrected chi connectivity index (χ2v) is 5.05. The van der Waals surface area contributed by atoms with E-state index in [2.05, 4.69) is 25.9 Å². The van der Waals surface area contributed by atoms with Crippen LogP contribution < -0.4 is 0 Å². The Morgan fingerprint density at radius 3 is 2.78 bits per heavy atom. The summed E-state index contributed by atoms with van der Waals surface area (Å²) in [6.45, 7) is 4.05. The SMILES string of the molecule is CCc1nc(-c2cc(Br)ccc2C)ncc1CO. The lowest BCUT2D eigenvalue weighted by Crippen LogP contribution is -2.01. The van der Waals surface area contributed by atoms with Crippen molar-refractivity contribution in [1.82, 2.24) is 9.97 Å². The lowest BCUT2D eigenvalue weighted by atomic mass is 10.1. The first-order valence-electron chi connectivity index (χ1n) is 5.88. The molecule has 0 saturated carbocycles. The van der Waals surface area contributed by atoms with Crippen LogP contribution in [-0.2, 0) is 13.0 Å². The minimum atomic E-state index is -0.0130. The minimum absolute atomic E-state index is 0.0130. The lowest BCUT2D eigenvalue weighted by Gasteiger charge is -2.09. The smallest absolute Gasteiger partial charge is 0.159 e. The highest BCUT2D eigenvalue weighted by molar-refractivity contribution is 9.10. The van der Waals surface area contributed by atoms with E-state index in [1.807, 2.05) is 32.0 Å². The number of hydrogen-bond acceptors (Lipinski definition) is 3. The number of nitrogens with zero attached hydrogens (tertiary/aromatic N) is 2. The molecular formula is C14H15BrN2O. The van der Waals surface area contributed by atoms with Crippen molar-refractivity contribution in [2.45, 2.75) is 26.9 Å². The Bertz CT molecular complexity index is 570. The molecule has 0 atom stereocenters. The van der Waals surface area contributed by atoms with Crippen molar-refractivity contribution in [3.05, 3.63) is 45.7 Å². The molecule has 18 heavy (non-hydrogen) atoms. The average molecular weight is 307 g/mol. The molecule has 0 radical (unpaired) electrons. The molecule has 1 heterocycles. The summed E-state index contributed by atoms with van der Waals surface area (Å²) in [6, 6.07) is 6.05. The number of benzene rings is 1. The Morgan fingerprint density at radius 2 is 2.11 bits per heavy atom. The second-order valence-electron chi connectivity index (χ2n) is 4.14. The van der Waals surface area contributed by atoms with Gasteiger partial charge in [0.25, 0.3) is 0 Å². The third kappa shape index (κ3) is 2.60. The largest absolute Gasteiger partial charge is 0.392 e. The molecule has 94 valence electrons. The normalized spacial score (nSPS) is 10.7. The molecule has 0 aliphatic carbocycles. The van der Waals surface area contributed by atoms with Crippen LogP contribution in [0.15, 0.2) is 28.9 Å². The Balaban J connectivity index is 2.54. The monoisotopic (exact) mass is 306 g/mol. The van der Waals surface area contributed by atoms with Gasteiger partial charge in [-0.15, -0.1) is 0 Å². The van der Waals surface area contributed by atoms with Gasteiger partial charge in [0.1, 0.15) is 0 Å². The Kier molecular flexibility index (Phi) is 4.09. The molecule has 1 aromatic heterocycles. The summed E-state index contributed by atoms with van der Waals surface area (Å²) < 4.78 is 1.01. The van der Waals surface area contributed by atoms with Crippen molar-refractivity contribution in [3.8, 4) is 11.4 Å². The Morgan fingerprint density at radius 1 is 1.33 bits per heavy atom. The molecule has 0 saturated heterocycles. The van der Waals surface area contributed by atoms with Gasteiger partial charge in [-0.25, -0.2) is 9.97 Å². The Labute approximate surface area is 115 Å². The van der Waals surface area contributed by atoms with Crippen molar-refractivity contribution in [2.24, 2.45) is 0 Å². The van der Waals surface area contributed by atoms with E-state index >= 15 is 0 Å². The van der Waals surface area contributed by atoms with Crippen LogP contribution >= 0.6 is 15.9 Å².